The first-order valence-electron chi connectivity index (χ1n) is 7.54. The van der Waals surface area contributed by atoms with E-state index in [2.05, 4.69) is 10.1 Å². The smallest absolute Gasteiger partial charge is 0.343 e. The molecule has 1 heterocycles. The van der Waals surface area contributed by atoms with Crippen molar-refractivity contribution in [2.45, 2.75) is 20.8 Å². The maximum atomic E-state index is 11.8. The van der Waals surface area contributed by atoms with Gasteiger partial charge in [0.1, 0.15) is 10.1 Å². The van der Waals surface area contributed by atoms with Gasteiger partial charge in [-0.25, -0.2) is 4.79 Å². The summed E-state index contributed by atoms with van der Waals surface area (Å²) in [7, 11) is 1.33. The van der Waals surface area contributed by atoms with Crippen molar-refractivity contribution in [1.82, 2.24) is 5.32 Å². The number of allylic oxidation sites excluding steroid dienone is 2. The normalized spacial score (nSPS) is 16.2. The number of nitrogens with one attached hydrogen (secondary N) is 1. The summed E-state index contributed by atoms with van der Waals surface area (Å²) in [6.07, 6.45) is 3.82. The van der Waals surface area contributed by atoms with Crippen molar-refractivity contribution in [2.75, 3.05) is 13.7 Å². The van der Waals surface area contributed by atoms with E-state index in [9.17, 15) is 9.59 Å². The van der Waals surface area contributed by atoms with Crippen LogP contribution in [-0.2, 0) is 14.3 Å². The van der Waals surface area contributed by atoms with Crippen LogP contribution in [0, 0.1) is 13.8 Å². The fourth-order valence-corrected chi connectivity index (χ4v) is 3.41. The zero-order chi connectivity index (χ0) is 18.6. The molecule has 1 aliphatic rings. The van der Waals surface area contributed by atoms with Crippen LogP contribution in [0.25, 0.3) is 6.08 Å². The van der Waals surface area contributed by atoms with Gasteiger partial charge in [-0.1, -0.05) is 36.1 Å². The lowest BCUT2D eigenvalue weighted by molar-refractivity contribution is -0.142. The molecule has 0 aromatic heterocycles. The molecule has 0 aliphatic carbocycles. The Morgan fingerprint density at radius 2 is 1.96 bits per heavy atom. The molecule has 1 aromatic rings. The fraction of sp³-hybridized carbons (Fsp3) is 0.278. The van der Waals surface area contributed by atoms with Crippen LogP contribution in [0.1, 0.15) is 23.6 Å². The van der Waals surface area contributed by atoms with Gasteiger partial charge in [0, 0.05) is 0 Å². The summed E-state index contributed by atoms with van der Waals surface area (Å²) in [6.45, 7) is 5.59. The van der Waals surface area contributed by atoms with Crippen LogP contribution in [-0.4, -0.2) is 29.9 Å². The summed E-state index contributed by atoms with van der Waals surface area (Å²) >= 11 is 6.27. The molecule has 1 amide bonds. The van der Waals surface area contributed by atoms with E-state index in [4.69, 9.17) is 17.0 Å². The van der Waals surface area contributed by atoms with Crippen LogP contribution in [0.15, 0.2) is 28.7 Å². The molecule has 0 spiro atoms. The summed E-state index contributed by atoms with van der Waals surface area (Å²) in [5.74, 6) is 0.0973. The summed E-state index contributed by atoms with van der Waals surface area (Å²) in [4.78, 5) is 23.6. The molecule has 0 saturated carbocycles. The number of carbonyl (C=O) groups is 2. The second kappa shape index (κ2) is 8.31. The minimum absolute atomic E-state index is 0.120. The summed E-state index contributed by atoms with van der Waals surface area (Å²) in [5.41, 5.74) is 3.67. The van der Waals surface area contributed by atoms with E-state index in [1.54, 1.807) is 0 Å². The number of thioether (sulfide) groups is 1. The van der Waals surface area contributed by atoms with E-state index in [0.29, 0.717) is 15.0 Å². The molecule has 0 radical (unpaired) electrons. The first-order chi connectivity index (χ1) is 11.8. The SMILES string of the molecule is COC(=O)COc1c(C)cc(C=CC(C)=C2SC(=S)NC2=O)cc1C. The van der Waals surface area contributed by atoms with E-state index in [1.807, 2.05) is 45.1 Å². The van der Waals surface area contributed by atoms with Gasteiger partial charge in [0.05, 0.1) is 12.0 Å². The van der Waals surface area contributed by atoms with Crippen LogP contribution >= 0.6 is 24.0 Å². The quantitative estimate of drug-likeness (QED) is 0.483. The number of ether oxygens (including phenoxy) is 2. The number of hydrogen-bond acceptors (Lipinski definition) is 6. The second-order valence-electron chi connectivity index (χ2n) is 5.54. The van der Waals surface area contributed by atoms with Gasteiger partial charge in [0.2, 0.25) is 0 Å². The highest BCUT2D eigenvalue weighted by Gasteiger charge is 2.23. The largest absolute Gasteiger partial charge is 0.481 e. The first kappa shape index (κ1) is 19.2. The minimum Gasteiger partial charge on any atom is -0.481 e. The molecule has 0 bridgehead atoms. The fourth-order valence-electron chi connectivity index (χ4n) is 2.37. The third-order valence-corrected chi connectivity index (χ3v) is 4.90. The van der Waals surface area contributed by atoms with E-state index in [-0.39, 0.29) is 12.5 Å². The van der Waals surface area contributed by atoms with Gasteiger partial charge in [-0.05, 0) is 55.2 Å². The lowest BCUT2D eigenvalue weighted by atomic mass is 10.0. The maximum Gasteiger partial charge on any atom is 0.343 e. The van der Waals surface area contributed by atoms with Crippen LogP contribution in [0.4, 0.5) is 0 Å². The average molecular weight is 377 g/mol. The van der Waals surface area contributed by atoms with Crippen LogP contribution in [0.2, 0.25) is 0 Å². The Morgan fingerprint density at radius 3 is 2.48 bits per heavy atom. The molecular formula is C18H19NO4S2. The highest BCUT2D eigenvalue weighted by Crippen LogP contribution is 2.29. The maximum absolute atomic E-state index is 11.8. The van der Waals surface area contributed by atoms with Gasteiger partial charge >= 0.3 is 5.97 Å². The Morgan fingerprint density at radius 1 is 1.32 bits per heavy atom. The van der Waals surface area contributed by atoms with Gasteiger partial charge in [-0.3, -0.25) is 4.79 Å². The Bertz CT molecular complexity index is 773. The van der Waals surface area contributed by atoms with Crippen molar-refractivity contribution in [3.05, 3.63) is 45.4 Å². The van der Waals surface area contributed by atoms with Gasteiger partial charge < -0.3 is 14.8 Å². The molecule has 1 aliphatic heterocycles. The van der Waals surface area contributed by atoms with E-state index < -0.39 is 5.97 Å². The molecule has 1 N–H and O–H groups in total. The number of benzene rings is 1. The predicted molar refractivity (Wildman–Crippen MR) is 103 cm³/mol. The number of amides is 1. The summed E-state index contributed by atoms with van der Waals surface area (Å²) in [5, 5.41) is 2.61. The highest BCUT2D eigenvalue weighted by molar-refractivity contribution is 8.26. The molecule has 7 heteroatoms. The molecular weight excluding hydrogens is 358 g/mol. The van der Waals surface area contributed by atoms with Crippen LogP contribution in [0.3, 0.4) is 0 Å². The topological polar surface area (TPSA) is 64.6 Å². The van der Waals surface area contributed by atoms with Crippen LogP contribution in [0.5, 0.6) is 5.75 Å². The second-order valence-corrected chi connectivity index (χ2v) is 7.23. The van der Waals surface area contributed by atoms with Gasteiger partial charge in [0.25, 0.3) is 5.91 Å². The lowest BCUT2D eigenvalue weighted by Crippen LogP contribution is -2.18. The van der Waals surface area contributed by atoms with Crippen molar-refractivity contribution in [1.29, 1.82) is 0 Å². The Hall–Kier alpha value is -2.12. The number of thiocarbonyl (C=S) groups is 1. The zero-order valence-corrected chi connectivity index (χ0v) is 16.1. The lowest BCUT2D eigenvalue weighted by Gasteiger charge is -2.12. The number of aryl methyl sites for hydroxylation is 2. The van der Waals surface area contributed by atoms with Crippen molar-refractivity contribution < 1.29 is 19.1 Å². The Kier molecular flexibility index (Phi) is 6.39. The van der Waals surface area contributed by atoms with Crippen molar-refractivity contribution in [3.63, 3.8) is 0 Å². The third-order valence-electron chi connectivity index (χ3n) is 3.55. The first-order valence-corrected chi connectivity index (χ1v) is 8.77. The van der Waals surface area contributed by atoms with E-state index >= 15 is 0 Å². The predicted octanol–water partition coefficient (Wildman–Crippen LogP) is 3.29. The Labute approximate surface area is 156 Å². The van der Waals surface area contributed by atoms with Crippen LogP contribution < -0.4 is 10.1 Å². The van der Waals surface area contributed by atoms with Crippen molar-refractivity contribution in [3.8, 4) is 5.75 Å². The standard InChI is InChI=1S/C18H19NO4S2/c1-10(16-17(21)19-18(24)25-16)5-6-13-7-11(2)15(12(3)8-13)23-9-14(20)22-4/h5-8H,9H2,1-4H3,(H,19,21,24). The molecule has 0 unspecified atom stereocenters. The number of rotatable bonds is 5. The molecule has 1 saturated heterocycles. The molecule has 0 atom stereocenters. The number of methoxy groups -OCH3 is 1. The monoisotopic (exact) mass is 377 g/mol. The number of hydrogen-bond donors (Lipinski definition) is 1. The molecule has 1 aromatic carbocycles. The van der Waals surface area contributed by atoms with E-state index in [0.717, 1.165) is 22.3 Å². The molecule has 1 fully saturated rings. The number of carbonyl (C=O) groups excluding carboxylic acids is 2. The van der Waals surface area contributed by atoms with Crippen molar-refractivity contribution in [2.24, 2.45) is 0 Å². The number of esters is 1. The summed E-state index contributed by atoms with van der Waals surface area (Å²) < 4.78 is 10.6. The summed E-state index contributed by atoms with van der Waals surface area (Å²) in [6, 6.07) is 3.92. The van der Waals surface area contributed by atoms with E-state index in [1.165, 1.54) is 18.9 Å². The van der Waals surface area contributed by atoms with Gasteiger partial charge in [0.15, 0.2) is 6.61 Å². The third kappa shape index (κ3) is 4.93. The Balaban J connectivity index is 2.18. The zero-order valence-electron chi connectivity index (χ0n) is 14.5. The average Bonchev–Trinajstić information content (AvgIpc) is 2.90. The molecule has 5 nitrogen and oxygen atoms in total. The van der Waals surface area contributed by atoms with Gasteiger partial charge in [-0.15, -0.1) is 0 Å². The highest BCUT2D eigenvalue weighted by atomic mass is 32.2. The minimum atomic E-state index is -0.421. The molecule has 2 rings (SSSR count). The molecule has 25 heavy (non-hydrogen) atoms. The molecule has 132 valence electrons. The van der Waals surface area contributed by atoms with Crippen molar-refractivity contribution >= 4 is 46.3 Å². The van der Waals surface area contributed by atoms with Gasteiger partial charge in [-0.2, -0.15) is 0 Å².